The van der Waals surface area contributed by atoms with Gasteiger partial charge in [-0.25, -0.2) is 0 Å². The highest BCUT2D eigenvalue weighted by Crippen LogP contribution is 2.34. The van der Waals surface area contributed by atoms with Crippen molar-refractivity contribution in [2.75, 3.05) is 19.8 Å². The van der Waals surface area contributed by atoms with Gasteiger partial charge in [-0.2, -0.15) is 0 Å². The summed E-state index contributed by atoms with van der Waals surface area (Å²) >= 11 is 0. The van der Waals surface area contributed by atoms with Crippen molar-refractivity contribution in [2.24, 2.45) is 5.92 Å². The molecule has 2 aliphatic rings. The van der Waals surface area contributed by atoms with Gasteiger partial charge in [0.1, 0.15) is 0 Å². The van der Waals surface area contributed by atoms with Crippen LogP contribution in [0.15, 0.2) is 30.3 Å². The average Bonchev–Trinajstić information content (AvgIpc) is 3.01. The Morgan fingerprint density at radius 2 is 1.95 bits per heavy atom. The molecule has 1 aliphatic heterocycles. The summed E-state index contributed by atoms with van der Waals surface area (Å²) in [5.41, 5.74) is 1.26. The van der Waals surface area contributed by atoms with Crippen LogP contribution in [-0.4, -0.2) is 36.9 Å². The minimum atomic E-state index is -0.304. The number of carbonyl (C=O) groups is 1. The third-order valence-electron chi connectivity index (χ3n) is 5.21. The van der Waals surface area contributed by atoms with E-state index in [2.05, 4.69) is 29.6 Å². The first-order valence-corrected chi connectivity index (χ1v) is 8.29. The second-order valence-electron chi connectivity index (χ2n) is 6.64. The van der Waals surface area contributed by atoms with Crippen LogP contribution < -0.4 is 5.32 Å². The van der Waals surface area contributed by atoms with Crippen molar-refractivity contribution in [3.8, 4) is 0 Å². The Labute approximate surface area is 131 Å². The molecule has 2 atom stereocenters. The zero-order chi connectivity index (χ0) is 15.4. The number of aliphatic hydroxyl groups is 1. The van der Waals surface area contributed by atoms with E-state index in [1.54, 1.807) is 0 Å². The van der Waals surface area contributed by atoms with Gasteiger partial charge < -0.3 is 15.2 Å². The largest absolute Gasteiger partial charge is 0.393 e. The summed E-state index contributed by atoms with van der Waals surface area (Å²) in [6.07, 6.45) is 3.72. The lowest BCUT2D eigenvalue weighted by Crippen LogP contribution is -2.45. The standard InChI is InChI=1S/C18H25NO3/c20-16-7-6-14(12-16)17(21)19-13-18(8-10-22-11-9-18)15-4-2-1-3-5-15/h1-5,14,16,20H,6-13H2,(H,19,21)/t14-,16+/m0/s1. The Morgan fingerprint density at radius 3 is 2.59 bits per heavy atom. The number of rotatable bonds is 4. The number of nitrogens with one attached hydrogen (secondary N) is 1. The first kappa shape index (κ1) is 15.5. The van der Waals surface area contributed by atoms with Gasteiger partial charge in [0, 0.05) is 31.1 Å². The number of hydrogen-bond donors (Lipinski definition) is 2. The maximum absolute atomic E-state index is 12.4. The summed E-state index contributed by atoms with van der Waals surface area (Å²) in [6, 6.07) is 10.4. The van der Waals surface area contributed by atoms with E-state index in [0.717, 1.165) is 38.9 Å². The fourth-order valence-electron chi connectivity index (χ4n) is 3.72. The highest BCUT2D eigenvalue weighted by Gasteiger charge is 2.36. The van der Waals surface area contributed by atoms with Crippen LogP contribution in [0.1, 0.15) is 37.7 Å². The maximum Gasteiger partial charge on any atom is 0.223 e. The SMILES string of the molecule is O=C(NCC1(c2ccccc2)CCOCC1)[C@H]1CC[C@@H](O)C1. The van der Waals surface area contributed by atoms with Crippen LogP contribution in [-0.2, 0) is 14.9 Å². The number of amides is 1. The Kier molecular flexibility index (Phi) is 4.79. The summed E-state index contributed by atoms with van der Waals surface area (Å²) in [7, 11) is 0. The van der Waals surface area contributed by atoms with Gasteiger partial charge in [-0.05, 0) is 37.7 Å². The number of carbonyl (C=O) groups excluding carboxylic acids is 1. The van der Waals surface area contributed by atoms with Gasteiger partial charge in [0.25, 0.3) is 0 Å². The third kappa shape index (κ3) is 3.33. The van der Waals surface area contributed by atoms with Crippen LogP contribution in [0.3, 0.4) is 0 Å². The van der Waals surface area contributed by atoms with Gasteiger partial charge in [-0.3, -0.25) is 4.79 Å². The Balaban J connectivity index is 1.67. The smallest absolute Gasteiger partial charge is 0.223 e. The van der Waals surface area contributed by atoms with Gasteiger partial charge >= 0.3 is 0 Å². The van der Waals surface area contributed by atoms with Gasteiger partial charge in [0.15, 0.2) is 0 Å². The molecule has 1 aromatic carbocycles. The molecule has 1 aromatic rings. The number of hydrogen-bond acceptors (Lipinski definition) is 3. The average molecular weight is 303 g/mol. The molecule has 0 radical (unpaired) electrons. The fourth-order valence-corrected chi connectivity index (χ4v) is 3.72. The molecule has 120 valence electrons. The molecule has 0 aromatic heterocycles. The topological polar surface area (TPSA) is 58.6 Å². The van der Waals surface area contributed by atoms with E-state index in [4.69, 9.17) is 4.74 Å². The fraction of sp³-hybridized carbons (Fsp3) is 0.611. The zero-order valence-electron chi connectivity index (χ0n) is 13.0. The van der Waals surface area contributed by atoms with E-state index in [1.807, 2.05) is 6.07 Å². The molecule has 1 amide bonds. The molecule has 1 saturated carbocycles. The molecule has 0 unspecified atom stereocenters. The second-order valence-corrected chi connectivity index (χ2v) is 6.64. The first-order valence-electron chi connectivity index (χ1n) is 8.29. The predicted molar refractivity (Wildman–Crippen MR) is 84.5 cm³/mol. The molecule has 4 nitrogen and oxygen atoms in total. The highest BCUT2D eigenvalue weighted by molar-refractivity contribution is 5.79. The molecule has 0 bridgehead atoms. The van der Waals surface area contributed by atoms with Gasteiger partial charge in [0.05, 0.1) is 6.10 Å². The van der Waals surface area contributed by atoms with Crippen molar-refractivity contribution >= 4 is 5.91 Å². The quantitative estimate of drug-likeness (QED) is 0.894. The van der Waals surface area contributed by atoms with E-state index < -0.39 is 0 Å². The van der Waals surface area contributed by atoms with E-state index in [1.165, 1.54) is 5.56 Å². The van der Waals surface area contributed by atoms with E-state index >= 15 is 0 Å². The Bertz CT molecular complexity index is 496. The van der Waals surface area contributed by atoms with Crippen LogP contribution in [0, 0.1) is 5.92 Å². The predicted octanol–water partition coefficient (Wildman–Crippen LogP) is 2.01. The summed E-state index contributed by atoms with van der Waals surface area (Å²) in [5.74, 6) is 0.0704. The van der Waals surface area contributed by atoms with Crippen molar-refractivity contribution in [2.45, 2.75) is 43.6 Å². The number of benzene rings is 1. The molecule has 4 heteroatoms. The molecular formula is C18H25NO3. The van der Waals surface area contributed by atoms with E-state index in [0.29, 0.717) is 13.0 Å². The van der Waals surface area contributed by atoms with Gasteiger partial charge in [0.2, 0.25) is 5.91 Å². The van der Waals surface area contributed by atoms with E-state index in [9.17, 15) is 9.90 Å². The molecule has 0 spiro atoms. The summed E-state index contributed by atoms with van der Waals surface area (Å²) in [5, 5.41) is 12.7. The lowest BCUT2D eigenvalue weighted by molar-refractivity contribution is -0.125. The molecule has 1 saturated heterocycles. The van der Waals surface area contributed by atoms with Crippen molar-refractivity contribution in [1.29, 1.82) is 0 Å². The third-order valence-corrected chi connectivity index (χ3v) is 5.21. The zero-order valence-corrected chi connectivity index (χ0v) is 13.0. The molecule has 22 heavy (non-hydrogen) atoms. The minimum Gasteiger partial charge on any atom is -0.393 e. The Morgan fingerprint density at radius 1 is 1.23 bits per heavy atom. The molecule has 2 N–H and O–H groups in total. The van der Waals surface area contributed by atoms with Crippen LogP contribution in [0.5, 0.6) is 0 Å². The van der Waals surface area contributed by atoms with Gasteiger partial charge in [-0.15, -0.1) is 0 Å². The highest BCUT2D eigenvalue weighted by atomic mass is 16.5. The summed E-state index contributed by atoms with van der Waals surface area (Å²) < 4.78 is 5.52. The molecule has 2 fully saturated rings. The first-order chi connectivity index (χ1) is 10.7. The monoisotopic (exact) mass is 303 g/mol. The van der Waals surface area contributed by atoms with Crippen LogP contribution in [0.4, 0.5) is 0 Å². The Hall–Kier alpha value is -1.39. The normalized spacial score (nSPS) is 27.5. The minimum absolute atomic E-state index is 0.0214. The molecule has 1 aliphatic carbocycles. The lowest BCUT2D eigenvalue weighted by atomic mass is 9.74. The van der Waals surface area contributed by atoms with Crippen LogP contribution >= 0.6 is 0 Å². The van der Waals surface area contributed by atoms with Crippen LogP contribution in [0.25, 0.3) is 0 Å². The van der Waals surface area contributed by atoms with Crippen LogP contribution in [0.2, 0.25) is 0 Å². The van der Waals surface area contributed by atoms with Crippen molar-refractivity contribution in [1.82, 2.24) is 5.32 Å². The molecular weight excluding hydrogens is 278 g/mol. The lowest BCUT2D eigenvalue weighted by Gasteiger charge is -2.38. The van der Waals surface area contributed by atoms with Crippen molar-refractivity contribution < 1.29 is 14.6 Å². The maximum atomic E-state index is 12.4. The summed E-state index contributed by atoms with van der Waals surface area (Å²) in [4.78, 5) is 12.4. The summed E-state index contributed by atoms with van der Waals surface area (Å²) in [6.45, 7) is 2.14. The van der Waals surface area contributed by atoms with Crippen molar-refractivity contribution in [3.05, 3.63) is 35.9 Å². The number of aliphatic hydroxyl groups excluding tert-OH is 1. The van der Waals surface area contributed by atoms with Crippen molar-refractivity contribution in [3.63, 3.8) is 0 Å². The number of ether oxygens (including phenoxy) is 1. The second kappa shape index (κ2) is 6.80. The van der Waals surface area contributed by atoms with E-state index in [-0.39, 0.29) is 23.3 Å². The molecule has 1 heterocycles. The van der Waals surface area contributed by atoms with Gasteiger partial charge in [-0.1, -0.05) is 30.3 Å². The molecule has 3 rings (SSSR count).